The van der Waals surface area contributed by atoms with Gasteiger partial charge in [-0.15, -0.1) is 0 Å². The zero-order valence-electron chi connectivity index (χ0n) is 13.6. The Labute approximate surface area is 130 Å². The Kier molecular flexibility index (Phi) is 5.74. The van der Waals surface area contributed by atoms with Gasteiger partial charge in [-0.25, -0.2) is 0 Å². The minimum atomic E-state index is -0.138. The Morgan fingerprint density at radius 3 is 2.73 bits per heavy atom. The first-order valence-electron chi connectivity index (χ1n) is 7.81. The van der Waals surface area contributed by atoms with Crippen LogP contribution < -0.4 is 10.7 Å². The van der Waals surface area contributed by atoms with Crippen LogP contribution in [0.1, 0.15) is 30.2 Å². The van der Waals surface area contributed by atoms with Gasteiger partial charge in [-0.1, -0.05) is 6.92 Å². The fourth-order valence-electron chi connectivity index (χ4n) is 2.78. The van der Waals surface area contributed by atoms with Gasteiger partial charge in [0.05, 0.1) is 25.8 Å². The summed E-state index contributed by atoms with van der Waals surface area (Å²) in [4.78, 5) is 29.6. The third-order valence-electron chi connectivity index (χ3n) is 4.23. The van der Waals surface area contributed by atoms with Crippen LogP contribution in [-0.2, 0) is 16.1 Å². The first-order chi connectivity index (χ1) is 10.5. The molecular formula is C16H25N3O3. The van der Waals surface area contributed by atoms with E-state index in [1.807, 2.05) is 6.92 Å². The number of nitrogens with zero attached hydrogens (tertiary/aromatic N) is 1. The van der Waals surface area contributed by atoms with Crippen molar-refractivity contribution in [3.8, 4) is 0 Å². The van der Waals surface area contributed by atoms with Crippen molar-refractivity contribution in [2.75, 3.05) is 26.3 Å². The third kappa shape index (κ3) is 3.75. The lowest BCUT2D eigenvalue weighted by Gasteiger charge is -2.33. The molecule has 1 aromatic rings. The number of aromatic nitrogens is 1. The zero-order valence-corrected chi connectivity index (χ0v) is 13.6. The van der Waals surface area contributed by atoms with Crippen molar-refractivity contribution >= 4 is 5.91 Å². The number of amides is 1. The smallest absolute Gasteiger partial charge is 0.237 e. The van der Waals surface area contributed by atoms with Gasteiger partial charge >= 0.3 is 0 Å². The Morgan fingerprint density at radius 1 is 1.41 bits per heavy atom. The molecule has 0 radical (unpaired) electrons. The lowest BCUT2D eigenvalue weighted by Crippen LogP contribution is -2.50. The van der Waals surface area contributed by atoms with E-state index < -0.39 is 0 Å². The molecule has 122 valence electrons. The van der Waals surface area contributed by atoms with Gasteiger partial charge in [0.25, 0.3) is 0 Å². The molecule has 1 saturated heterocycles. The van der Waals surface area contributed by atoms with Crippen LogP contribution in [0.5, 0.6) is 0 Å². The van der Waals surface area contributed by atoms with Crippen molar-refractivity contribution in [2.24, 2.45) is 0 Å². The Balaban J connectivity index is 1.99. The standard InChI is InChI=1S/C16H25N3O3/c1-4-14(19-5-7-22-8-6-19)16(21)18-10-13-12(3)15(20)11(2)9-17-13/h9,14H,4-8,10H2,1-3H3,(H,17,20)(H,18,21)/t14-/m1/s1. The monoisotopic (exact) mass is 307 g/mol. The highest BCUT2D eigenvalue weighted by molar-refractivity contribution is 5.81. The van der Waals surface area contributed by atoms with Crippen LogP contribution >= 0.6 is 0 Å². The fraction of sp³-hybridized carbons (Fsp3) is 0.625. The average Bonchev–Trinajstić information content (AvgIpc) is 2.54. The van der Waals surface area contributed by atoms with E-state index in [9.17, 15) is 9.59 Å². The van der Waals surface area contributed by atoms with Gasteiger partial charge in [-0.2, -0.15) is 0 Å². The van der Waals surface area contributed by atoms with Gasteiger partial charge in [0.1, 0.15) is 0 Å². The highest BCUT2D eigenvalue weighted by Gasteiger charge is 2.25. The molecule has 0 unspecified atom stereocenters. The summed E-state index contributed by atoms with van der Waals surface area (Å²) in [5, 5.41) is 2.94. The number of carbonyl (C=O) groups excluding carboxylic acids is 1. The van der Waals surface area contributed by atoms with E-state index in [0.717, 1.165) is 25.2 Å². The topological polar surface area (TPSA) is 74.4 Å². The van der Waals surface area contributed by atoms with Crippen molar-refractivity contribution in [2.45, 2.75) is 39.8 Å². The van der Waals surface area contributed by atoms with Crippen LogP contribution in [0.15, 0.2) is 11.0 Å². The number of aryl methyl sites for hydroxylation is 1. The molecule has 6 heteroatoms. The summed E-state index contributed by atoms with van der Waals surface area (Å²) in [6.07, 6.45) is 2.45. The van der Waals surface area contributed by atoms with Crippen LogP contribution in [-0.4, -0.2) is 48.1 Å². The van der Waals surface area contributed by atoms with Crippen LogP contribution in [0, 0.1) is 13.8 Å². The molecule has 1 aromatic heterocycles. The van der Waals surface area contributed by atoms with Crippen molar-refractivity contribution in [3.05, 3.63) is 33.2 Å². The van der Waals surface area contributed by atoms with Gasteiger partial charge in [0, 0.05) is 36.1 Å². The number of nitrogens with one attached hydrogen (secondary N) is 2. The number of morpholine rings is 1. The number of H-pyrrole nitrogens is 1. The minimum absolute atomic E-state index is 0.00484. The number of rotatable bonds is 5. The molecule has 1 aliphatic heterocycles. The minimum Gasteiger partial charge on any atom is -0.379 e. The summed E-state index contributed by atoms with van der Waals surface area (Å²) in [6, 6.07) is -0.138. The normalized spacial score (nSPS) is 17.2. The largest absolute Gasteiger partial charge is 0.379 e. The Bertz CT molecular complexity index is 576. The summed E-state index contributed by atoms with van der Waals surface area (Å²) in [5.74, 6) is 0.00484. The number of hydrogen-bond acceptors (Lipinski definition) is 4. The van der Waals surface area contributed by atoms with E-state index >= 15 is 0 Å². The van der Waals surface area contributed by atoms with Crippen molar-refractivity contribution in [1.82, 2.24) is 15.2 Å². The predicted molar refractivity (Wildman–Crippen MR) is 84.9 cm³/mol. The molecule has 22 heavy (non-hydrogen) atoms. The molecule has 0 saturated carbocycles. The highest BCUT2D eigenvalue weighted by Crippen LogP contribution is 2.08. The Morgan fingerprint density at radius 2 is 2.09 bits per heavy atom. The van der Waals surface area contributed by atoms with E-state index in [1.165, 1.54) is 0 Å². The zero-order chi connectivity index (χ0) is 16.1. The van der Waals surface area contributed by atoms with E-state index in [2.05, 4.69) is 15.2 Å². The number of aromatic amines is 1. The predicted octanol–water partition coefficient (Wildman–Crippen LogP) is 0.719. The average molecular weight is 307 g/mol. The van der Waals surface area contributed by atoms with Gasteiger partial charge < -0.3 is 15.0 Å². The molecule has 2 heterocycles. The molecule has 0 aromatic carbocycles. The molecule has 1 aliphatic rings. The molecule has 0 aliphatic carbocycles. The van der Waals surface area contributed by atoms with Crippen LogP contribution in [0.4, 0.5) is 0 Å². The fourth-order valence-corrected chi connectivity index (χ4v) is 2.78. The molecule has 2 N–H and O–H groups in total. The maximum absolute atomic E-state index is 12.4. The van der Waals surface area contributed by atoms with Crippen molar-refractivity contribution in [1.29, 1.82) is 0 Å². The second-order valence-electron chi connectivity index (χ2n) is 5.69. The molecule has 2 rings (SSSR count). The van der Waals surface area contributed by atoms with Crippen molar-refractivity contribution < 1.29 is 9.53 Å². The summed E-state index contributed by atoms with van der Waals surface area (Å²) in [7, 11) is 0. The second-order valence-corrected chi connectivity index (χ2v) is 5.69. The van der Waals surface area contributed by atoms with Gasteiger partial charge in [-0.05, 0) is 20.3 Å². The van der Waals surface area contributed by atoms with Crippen LogP contribution in [0.2, 0.25) is 0 Å². The summed E-state index contributed by atoms with van der Waals surface area (Å²) in [5.41, 5.74) is 2.15. The third-order valence-corrected chi connectivity index (χ3v) is 4.23. The number of pyridine rings is 1. The molecular weight excluding hydrogens is 282 g/mol. The summed E-state index contributed by atoms with van der Waals surface area (Å²) >= 11 is 0. The number of ether oxygens (including phenoxy) is 1. The van der Waals surface area contributed by atoms with Crippen LogP contribution in [0.3, 0.4) is 0 Å². The Hall–Kier alpha value is -1.66. The SMILES string of the molecule is CC[C@H](C(=O)NCc1[nH]cc(C)c(=O)c1C)N1CCOCC1. The quantitative estimate of drug-likeness (QED) is 0.840. The van der Waals surface area contributed by atoms with Gasteiger partial charge in [-0.3, -0.25) is 14.5 Å². The lowest BCUT2D eigenvalue weighted by atomic mass is 10.1. The molecule has 1 amide bonds. The highest BCUT2D eigenvalue weighted by atomic mass is 16.5. The molecule has 0 bridgehead atoms. The summed E-state index contributed by atoms with van der Waals surface area (Å²) in [6.45, 7) is 8.84. The summed E-state index contributed by atoms with van der Waals surface area (Å²) < 4.78 is 5.33. The number of hydrogen-bond donors (Lipinski definition) is 2. The van der Waals surface area contributed by atoms with E-state index in [4.69, 9.17) is 4.74 Å². The first kappa shape index (κ1) is 16.7. The molecule has 1 fully saturated rings. The lowest BCUT2D eigenvalue weighted by molar-refractivity contribution is -0.128. The van der Waals surface area contributed by atoms with E-state index in [0.29, 0.717) is 30.9 Å². The van der Waals surface area contributed by atoms with Crippen LogP contribution in [0.25, 0.3) is 0 Å². The molecule has 1 atom stereocenters. The van der Waals surface area contributed by atoms with Crippen molar-refractivity contribution in [3.63, 3.8) is 0 Å². The van der Waals surface area contributed by atoms with E-state index in [1.54, 1.807) is 20.0 Å². The van der Waals surface area contributed by atoms with E-state index in [-0.39, 0.29) is 17.4 Å². The molecule has 0 spiro atoms. The number of carbonyl (C=O) groups is 1. The van der Waals surface area contributed by atoms with Gasteiger partial charge in [0.15, 0.2) is 5.43 Å². The maximum atomic E-state index is 12.4. The maximum Gasteiger partial charge on any atom is 0.237 e. The second kappa shape index (κ2) is 7.56. The van der Waals surface area contributed by atoms with Gasteiger partial charge in [0.2, 0.25) is 5.91 Å². The first-order valence-corrected chi connectivity index (χ1v) is 7.81. The molecule has 6 nitrogen and oxygen atoms in total.